The summed E-state index contributed by atoms with van der Waals surface area (Å²) in [5.41, 5.74) is 1.28. The molecule has 1 fully saturated rings. The van der Waals surface area contributed by atoms with Crippen LogP contribution in [0.2, 0.25) is 0 Å². The molecule has 1 atom stereocenters. The monoisotopic (exact) mass is 357 g/mol. The Morgan fingerprint density at radius 1 is 1.27 bits per heavy atom. The van der Waals surface area contributed by atoms with Crippen molar-refractivity contribution < 1.29 is 19.5 Å². The van der Waals surface area contributed by atoms with Crippen LogP contribution in [-0.4, -0.2) is 51.1 Å². The molecule has 1 unspecified atom stereocenters. The van der Waals surface area contributed by atoms with Crippen LogP contribution in [-0.2, 0) is 20.9 Å². The number of rotatable bonds is 7. The van der Waals surface area contributed by atoms with Crippen molar-refractivity contribution in [1.82, 2.24) is 9.91 Å². The summed E-state index contributed by atoms with van der Waals surface area (Å²) >= 11 is 0. The molecule has 1 N–H and O–H groups in total. The predicted molar refractivity (Wildman–Crippen MR) is 95.2 cm³/mol. The third-order valence-electron chi connectivity index (χ3n) is 4.67. The summed E-state index contributed by atoms with van der Waals surface area (Å²) in [6, 6.07) is 9.58. The van der Waals surface area contributed by atoms with Gasteiger partial charge in [-0.15, -0.1) is 0 Å². The summed E-state index contributed by atoms with van der Waals surface area (Å²) < 4.78 is 0. The Morgan fingerprint density at radius 3 is 2.58 bits per heavy atom. The summed E-state index contributed by atoms with van der Waals surface area (Å²) in [7, 11) is 0. The third kappa shape index (κ3) is 4.28. The summed E-state index contributed by atoms with van der Waals surface area (Å²) in [6.45, 7) is 2.09. The standard InChI is InChI=1S/C19H23N3O4/c1-13(19(25)26)11-21(15-7-8-15)18(24)16-9-10-17(23)22(20-16)12-14-5-3-2-4-6-14/h2-6,13,15H,7-12H2,1H3,(H,25,26). The van der Waals surface area contributed by atoms with E-state index < -0.39 is 11.9 Å². The molecule has 0 spiro atoms. The topological polar surface area (TPSA) is 90.3 Å². The summed E-state index contributed by atoms with van der Waals surface area (Å²) in [6.07, 6.45) is 2.31. The van der Waals surface area contributed by atoms with Gasteiger partial charge >= 0.3 is 5.97 Å². The Bertz CT molecular complexity index is 728. The molecule has 1 saturated carbocycles. The maximum Gasteiger partial charge on any atom is 0.308 e. The highest BCUT2D eigenvalue weighted by Crippen LogP contribution is 2.29. The molecule has 0 bridgehead atoms. The van der Waals surface area contributed by atoms with Crippen molar-refractivity contribution >= 4 is 23.5 Å². The average molecular weight is 357 g/mol. The van der Waals surface area contributed by atoms with Gasteiger partial charge in [0.25, 0.3) is 5.91 Å². The number of amides is 2. The molecule has 0 saturated heterocycles. The van der Waals surface area contributed by atoms with Crippen molar-refractivity contribution in [1.29, 1.82) is 0 Å². The van der Waals surface area contributed by atoms with E-state index in [-0.39, 0.29) is 30.8 Å². The van der Waals surface area contributed by atoms with Gasteiger partial charge in [-0.25, -0.2) is 5.01 Å². The molecule has 0 aromatic heterocycles. The van der Waals surface area contributed by atoms with Gasteiger partial charge in [-0.05, 0) is 18.4 Å². The number of hydrazone groups is 1. The molecule has 0 radical (unpaired) electrons. The zero-order valence-corrected chi connectivity index (χ0v) is 14.8. The number of nitrogens with zero attached hydrogens (tertiary/aromatic N) is 3. The van der Waals surface area contributed by atoms with E-state index in [1.54, 1.807) is 11.8 Å². The van der Waals surface area contributed by atoms with Crippen LogP contribution in [0.4, 0.5) is 0 Å². The lowest BCUT2D eigenvalue weighted by Gasteiger charge is -2.28. The van der Waals surface area contributed by atoms with Crippen molar-refractivity contribution in [3.05, 3.63) is 35.9 Å². The lowest BCUT2D eigenvalue weighted by Crippen LogP contribution is -2.45. The first-order valence-electron chi connectivity index (χ1n) is 8.91. The van der Waals surface area contributed by atoms with Crippen LogP contribution >= 0.6 is 0 Å². The van der Waals surface area contributed by atoms with E-state index in [1.165, 1.54) is 5.01 Å². The highest BCUT2D eigenvalue weighted by atomic mass is 16.4. The number of carboxylic acid groups (broad SMARTS) is 1. The number of carboxylic acids is 1. The lowest BCUT2D eigenvalue weighted by molar-refractivity contribution is -0.142. The molecular formula is C19H23N3O4. The van der Waals surface area contributed by atoms with Gasteiger partial charge in [0.05, 0.1) is 12.5 Å². The molecule has 1 aliphatic carbocycles. The normalized spacial score (nSPS) is 18.3. The minimum absolute atomic E-state index is 0.0900. The molecule has 26 heavy (non-hydrogen) atoms. The molecule has 7 heteroatoms. The second-order valence-corrected chi connectivity index (χ2v) is 6.91. The SMILES string of the molecule is CC(CN(C(=O)C1=NN(Cc2ccccc2)C(=O)CC1)C1CC1)C(=O)O. The first-order chi connectivity index (χ1) is 12.5. The zero-order chi connectivity index (χ0) is 18.7. The van der Waals surface area contributed by atoms with E-state index in [0.717, 1.165) is 18.4 Å². The molecule has 138 valence electrons. The Kier molecular flexibility index (Phi) is 5.35. The number of benzene rings is 1. The minimum atomic E-state index is -0.921. The Balaban J connectivity index is 1.75. The van der Waals surface area contributed by atoms with Crippen LogP contribution in [0.25, 0.3) is 0 Å². The second-order valence-electron chi connectivity index (χ2n) is 6.91. The van der Waals surface area contributed by atoms with E-state index in [9.17, 15) is 14.4 Å². The van der Waals surface area contributed by atoms with Gasteiger partial charge in [0.15, 0.2) is 0 Å². The number of aliphatic carboxylic acids is 1. The van der Waals surface area contributed by atoms with Gasteiger partial charge in [-0.1, -0.05) is 37.3 Å². The van der Waals surface area contributed by atoms with Crippen molar-refractivity contribution in [2.45, 2.75) is 45.2 Å². The molecule has 1 aromatic carbocycles. The summed E-state index contributed by atoms with van der Waals surface area (Å²) in [4.78, 5) is 37.8. The van der Waals surface area contributed by atoms with E-state index in [1.807, 2.05) is 30.3 Å². The maximum absolute atomic E-state index is 12.9. The van der Waals surface area contributed by atoms with Gasteiger partial charge in [0.1, 0.15) is 5.71 Å². The van der Waals surface area contributed by atoms with Crippen molar-refractivity contribution in [3.8, 4) is 0 Å². The molecule has 3 rings (SSSR count). The third-order valence-corrected chi connectivity index (χ3v) is 4.67. The van der Waals surface area contributed by atoms with E-state index in [0.29, 0.717) is 18.7 Å². The predicted octanol–water partition coefficient (Wildman–Crippen LogP) is 1.88. The zero-order valence-electron chi connectivity index (χ0n) is 14.8. The van der Waals surface area contributed by atoms with Gasteiger partial charge < -0.3 is 10.0 Å². The summed E-state index contributed by atoms with van der Waals surface area (Å²) in [5, 5.41) is 14.8. The highest BCUT2D eigenvalue weighted by Gasteiger charge is 2.37. The van der Waals surface area contributed by atoms with Gasteiger partial charge in [0.2, 0.25) is 5.91 Å². The largest absolute Gasteiger partial charge is 0.481 e. The number of carbonyl (C=O) groups is 3. The second kappa shape index (κ2) is 7.68. The lowest BCUT2D eigenvalue weighted by atomic mass is 10.1. The molecule has 1 aromatic rings. The molecule has 2 amide bonds. The van der Waals surface area contributed by atoms with Gasteiger partial charge in [-0.2, -0.15) is 5.10 Å². The van der Waals surface area contributed by atoms with Crippen molar-refractivity contribution in [2.24, 2.45) is 11.0 Å². The number of hydrogen-bond donors (Lipinski definition) is 1. The molecule has 1 aliphatic heterocycles. The molecule has 1 heterocycles. The molecule has 2 aliphatic rings. The number of carbonyl (C=O) groups excluding carboxylic acids is 2. The minimum Gasteiger partial charge on any atom is -0.481 e. The van der Waals surface area contributed by atoms with Gasteiger partial charge in [-0.3, -0.25) is 14.4 Å². The number of hydrogen-bond acceptors (Lipinski definition) is 4. The van der Waals surface area contributed by atoms with Crippen LogP contribution in [0.1, 0.15) is 38.2 Å². The Labute approximate surface area is 152 Å². The fourth-order valence-electron chi connectivity index (χ4n) is 2.96. The first-order valence-corrected chi connectivity index (χ1v) is 8.91. The Morgan fingerprint density at radius 2 is 1.96 bits per heavy atom. The van der Waals surface area contributed by atoms with E-state index in [2.05, 4.69) is 5.10 Å². The highest BCUT2D eigenvalue weighted by molar-refractivity contribution is 6.39. The van der Waals surface area contributed by atoms with Crippen molar-refractivity contribution in [2.75, 3.05) is 6.54 Å². The fraction of sp³-hybridized carbons (Fsp3) is 0.474. The summed E-state index contributed by atoms with van der Waals surface area (Å²) in [5.74, 6) is -1.91. The van der Waals surface area contributed by atoms with Crippen LogP contribution in [0.15, 0.2) is 35.4 Å². The Hall–Kier alpha value is -2.70. The van der Waals surface area contributed by atoms with E-state index >= 15 is 0 Å². The van der Waals surface area contributed by atoms with Crippen LogP contribution in [0.5, 0.6) is 0 Å². The first kappa shape index (κ1) is 18.1. The van der Waals surface area contributed by atoms with Crippen LogP contribution < -0.4 is 0 Å². The van der Waals surface area contributed by atoms with Crippen LogP contribution in [0.3, 0.4) is 0 Å². The van der Waals surface area contributed by atoms with Gasteiger partial charge in [0, 0.05) is 25.4 Å². The average Bonchev–Trinajstić information content (AvgIpc) is 3.46. The smallest absolute Gasteiger partial charge is 0.308 e. The van der Waals surface area contributed by atoms with E-state index in [4.69, 9.17) is 5.11 Å². The quantitative estimate of drug-likeness (QED) is 0.807. The van der Waals surface area contributed by atoms with Crippen LogP contribution in [0, 0.1) is 5.92 Å². The fourth-order valence-corrected chi connectivity index (χ4v) is 2.96. The van der Waals surface area contributed by atoms with Crippen molar-refractivity contribution in [3.63, 3.8) is 0 Å². The molecular weight excluding hydrogens is 334 g/mol. The molecule has 7 nitrogen and oxygen atoms in total. The maximum atomic E-state index is 12.9.